The van der Waals surface area contributed by atoms with E-state index in [2.05, 4.69) is 29.4 Å². The summed E-state index contributed by atoms with van der Waals surface area (Å²) < 4.78 is 0. The molecule has 3 rings (SSSR count). The predicted molar refractivity (Wildman–Crippen MR) is 101 cm³/mol. The fraction of sp³-hybridized carbons (Fsp3) is 0.700. The molecule has 1 aliphatic carbocycles. The minimum Gasteiger partial charge on any atom is -0.389 e. The Morgan fingerprint density at radius 2 is 2.08 bits per heavy atom. The summed E-state index contributed by atoms with van der Waals surface area (Å²) in [5, 5.41) is 15.6. The number of nitrogens with one attached hydrogen (secondary N) is 1. The maximum absolute atomic E-state index is 11.4. The summed E-state index contributed by atoms with van der Waals surface area (Å²) in [7, 11) is 2.05. The van der Waals surface area contributed by atoms with Crippen LogP contribution in [0.1, 0.15) is 56.4 Å². The molecule has 1 aliphatic heterocycles. The SMILES string of the molecule is CN[C@@H]1CCCN(CC(c2cccc(Cl)c2)C2(O)CCCCC2)C1. The molecule has 0 amide bonds. The van der Waals surface area contributed by atoms with Gasteiger partial charge in [-0.25, -0.2) is 0 Å². The molecule has 2 fully saturated rings. The van der Waals surface area contributed by atoms with E-state index in [1.165, 1.54) is 24.8 Å². The van der Waals surface area contributed by atoms with Crippen LogP contribution in [-0.2, 0) is 0 Å². The van der Waals surface area contributed by atoms with E-state index in [9.17, 15) is 5.11 Å². The van der Waals surface area contributed by atoms with Gasteiger partial charge in [0.2, 0.25) is 0 Å². The Hall–Kier alpha value is -0.610. The van der Waals surface area contributed by atoms with Gasteiger partial charge in [0.1, 0.15) is 0 Å². The summed E-state index contributed by atoms with van der Waals surface area (Å²) in [5.41, 5.74) is 0.605. The van der Waals surface area contributed by atoms with Crippen LogP contribution in [0.15, 0.2) is 24.3 Å². The predicted octanol–water partition coefficient (Wildman–Crippen LogP) is 3.80. The van der Waals surface area contributed by atoms with Gasteiger partial charge in [-0.1, -0.05) is 43.0 Å². The number of hydrogen-bond donors (Lipinski definition) is 2. The van der Waals surface area contributed by atoms with E-state index in [1.54, 1.807) is 0 Å². The largest absolute Gasteiger partial charge is 0.389 e. The molecule has 0 spiro atoms. The van der Waals surface area contributed by atoms with Crippen molar-refractivity contribution in [3.8, 4) is 0 Å². The third-order valence-electron chi connectivity index (χ3n) is 5.97. The van der Waals surface area contributed by atoms with Gasteiger partial charge in [-0.05, 0) is 57.0 Å². The van der Waals surface area contributed by atoms with Gasteiger partial charge in [-0.3, -0.25) is 0 Å². The first-order valence-electron chi connectivity index (χ1n) is 9.48. The second-order valence-corrected chi connectivity index (χ2v) is 8.10. The van der Waals surface area contributed by atoms with Crippen molar-refractivity contribution in [1.29, 1.82) is 0 Å². The number of rotatable bonds is 5. The van der Waals surface area contributed by atoms with Gasteiger partial charge in [-0.2, -0.15) is 0 Å². The quantitative estimate of drug-likeness (QED) is 0.847. The second kappa shape index (κ2) is 8.18. The number of nitrogens with zero attached hydrogens (tertiary/aromatic N) is 1. The zero-order valence-electron chi connectivity index (χ0n) is 14.8. The number of likely N-dealkylation sites (tertiary alicyclic amines) is 1. The molecular formula is C20H31ClN2O. The molecule has 0 aromatic heterocycles. The second-order valence-electron chi connectivity index (χ2n) is 7.66. The Bertz CT molecular complexity index is 530. The number of aliphatic hydroxyl groups is 1. The molecule has 3 nitrogen and oxygen atoms in total. The monoisotopic (exact) mass is 350 g/mol. The molecule has 1 heterocycles. The highest BCUT2D eigenvalue weighted by atomic mass is 35.5. The van der Waals surface area contributed by atoms with Crippen molar-refractivity contribution in [2.24, 2.45) is 0 Å². The van der Waals surface area contributed by atoms with E-state index >= 15 is 0 Å². The Morgan fingerprint density at radius 1 is 1.29 bits per heavy atom. The van der Waals surface area contributed by atoms with Crippen LogP contribution in [0.3, 0.4) is 0 Å². The molecule has 4 heteroatoms. The molecule has 1 saturated heterocycles. The van der Waals surface area contributed by atoms with Crippen LogP contribution in [0.25, 0.3) is 0 Å². The number of benzene rings is 1. The Balaban J connectivity index is 1.81. The third-order valence-corrected chi connectivity index (χ3v) is 6.21. The fourth-order valence-corrected chi connectivity index (χ4v) is 4.74. The number of likely N-dealkylation sites (N-methyl/N-ethyl adjacent to an activating group) is 1. The summed E-state index contributed by atoms with van der Waals surface area (Å²) in [6.07, 6.45) is 7.81. The van der Waals surface area contributed by atoms with E-state index in [4.69, 9.17) is 11.6 Å². The van der Waals surface area contributed by atoms with Crippen molar-refractivity contribution in [1.82, 2.24) is 10.2 Å². The maximum Gasteiger partial charge on any atom is 0.0728 e. The summed E-state index contributed by atoms with van der Waals surface area (Å²) in [6.45, 7) is 3.13. The third kappa shape index (κ3) is 4.32. The van der Waals surface area contributed by atoms with Gasteiger partial charge in [-0.15, -0.1) is 0 Å². The lowest BCUT2D eigenvalue weighted by Crippen LogP contribution is -2.49. The zero-order chi connectivity index (χ0) is 17.0. The van der Waals surface area contributed by atoms with E-state index < -0.39 is 5.60 Å². The van der Waals surface area contributed by atoms with Gasteiger partial charge in [0.15, 0.2) is 0 Å². The molecule has 1 aromatic rings. The highest BCUT2D eigenvalue weighted by Gasteiger charge is 2.40. The van der Waals surface area contributed by atoms with Crippen molar-refractivity contribution in [2.45, 2.75) is 62.5 Å². The fourth-order valence-electron chi connectivity index (χ4n) is 4.54. The van der Waals surface area contributed by atoms with Crippen molar-refractivity contribution >= 4 is 11.6 Å². The van der Waals surface area contributed by atoms with Crippen molar-refractivity contribution in [2.75, 3.05) is 26.7 Å². The number of piperidine rings is 1. The summed E-state index contributed by atoms with van der Waals surface area (Å²) >= 11 is 6.26. The molecule has 24 heavy (non-hydrogen) atoms. The molecule has 2 aliphatic rings. The molecule has 2 N–H and O–H groups in total. The van der Waals surface area contributed by atoms with Crippen LogP contribution in [0.2, 0.25) is 5.02 Å². The van der Waals surface area contributed by atoms with Gasteiger partial charge in [0.25, 0.3) is 0 Å². The molecule has 134 valence electrons. The van der Waals surface area contributed by atoms with Crippen LogP contribution < -0.4 is 5.32 Å². The summed E-state index contributed by atoms with van der Waals surface area (Å²) in [5.74, 6) is 0.145. The van der Waals surface area contributed by atoms with Crippen LogP contribution >= 0.6 is 11.6 Å². The van der Waals surface area contributed by atoms with Gasteiger partial charge in [0, 0.05) is 30.1 Å². The van der Waals surface area contributed by atoms with E-state index in [-0.39, 0.29) is 5.92 Å². The minimum atomic E-state index is -0.588. The van der Waals surface area contributed by atoms with Crippen LogP contribution in [0, 0.1) is 0 Å². The first-order chi connectivity index (χ1) is 11.6. The average molecular weight is 351 g/mol. The molecular weight excluding hydrogens is 320 g/mol. The Labute approximate surface area is 151 Å². The highest BCUT2D eigenvalue weighted by Crippen LogP contribution is 2.41. The van der Waals surface area contributed by atoms with Gasteiger partial charge < -0.3 is 15.3 Å². The highest BCUT2D eigenvalue weighted by molar-refractivity contribution is 6.30. The van der Waals surface area contributed by atoms with Gasteiger partial charge in [0.05, 0.1) is 5.60 Å². The Morgan fingerprint density at radius 3 is 2.79 bits per heavy atom. The lowest BCUT2D eigenvalue weighted by atomic mass is 9.72. The van der Waals surface area contributed by atoms with Crippen molar-refractivity contribution < 1.29 is 5.11 Å². The lowest BCUT2D eigenvalue weighted by molar-refractivity contribution is -0.0329. The molecule has 1 saturated carbocycles. The Kier molecular flexibility index (Phi) is 6.20. The summed E-state index contributed by atoms with van der Waals surface area (Å²) in [4.78, 5) is 2.53. The van der Waals surface area contributed by atoms with Gasteiger partial charge >= 0.3 is 0 Å². The normalized spacial score (nSPS) is 26.2. The van der Waals surface area contributed by atoms with Crippen molar-refractivity contribution in [3.63, 3.8) is 0 Å². The number of halogens is 1. The van der Waals surface area contributed by atoms with E-state index in [0.29, 0.717) is 6.04 Å². The van der Waals surface area contributed by atoms with E-state index in [1.807, 2.05) is 12.1 Å². The van der Waals surface area contributed by atoms with Crippen LogP contribution in [-0.4, -0.2) is 48.3 Å². The number of hydrogen-bond acceptors (Lipinski definition) is 3. The molecule has 1 unspecified atom stereocenters. The smallest absolute Gasteiger partial charge is 0.0728 e. The summed E-state index contributed by atoms with van der Waals surface area (Å²) in [6, 6.07) is 8.70. The van der Waals surface area contributed by atoms with Crippen molar-refractivity contribution in [3.05, 3.63) is 34.9 Å². The minimum absolute atomic E-state index is 0.145. The molecule has 0 radical (unpaired) electrons. The topological polar surface area (TPSA) is 35.5 Å². The maximum atomic E-state index is 11.4. The van der Waals surface area contributed by atoms with Crippen LogP contribution in [0.4, 0.5) is 0 Å². The van der Waals surface area contributed by atoms with Crippen LogP contribution in [0.5, 0.6) is 0 Å². The molecule has 1 aromatic carbocycles. The lowest BCUT2D eigenvalue weighted by Gasteiger charge is -2.43. The standard InChI is InChI=1S/C20H31ClN2O/c1-22-18-9-6-12-23(14-18)15-19(16-7-5-8-17(21)13-16)20(24)10-3-2-4-11-20/h5,7-8,13,18-19,22,24H,2-4,6,9-12,14-15H2,1H3/t18-,19?/m1/s1. The zero-order valence-corrected chi connectivity index (χ0v) is 15.6. The molecule has 2 atom stereocenters. The first kappa shape index (κ1) is 18.2. The first-order valence-corrected chi connectivity index (χ1v) is 9.86. The van der Waals surface area contributed by atoms with E-state index in [0.717, 1.165) is 50.3 Å². The molecule has 0 bridgehead atoms. The average Bonchev–Trinajstić information content (AvgIpc) is 2.60.